The maximum absolute atomic E-state index is 12.8. The van der Waals surface area contributed by atoms with Crippen molar-refractivity contribution >= 4 is 114 Å². The zero-order valence-electron chi connectivity index (χ0n) is 27.3. The summed E-state index contributed by atoms with van der Waals surface area (Å²) in [6.07, 6.45) is 8.24. The Hall–Kier alpha value is 0.284. The predicted molar refractivity (Wildman–Crippen MR) is 212 cm³/mol. The van der Waals surface area contributed by atoms with Gasteiger partial charge in [0.25, 0.3) is 0 Å². The van der Waals surface area contributed by atoms with Crippen molar-refractivity contribution in [3.63, 3.8) is 0 Å². The number of nitrogens with one attached hydrogen (secondary N) is 3. The van der Waals surface area contributed by atoms with Crippen molar-refractivity contribution in [1.29, 1.82) is 0 Å². The molecule has 8 nitrogen and oxygen atoms in total. The minimum Gasteiger partial charge on any atom is -0.706 e. The number of anilines is 2. The molecule has 1 radical (unpaired) electrons. The Balaban J connectivity index is 0.00000105. The average molecular weight is 889 g/mol. The second kappa shape index (κ2) is 29.8. The van der Waals surface area contributed by atoms with Crippen molar-refractivity contribution in [1.82, 2.24) is 4.72 Å². The SMILES string of the molecule is CC(C)(C)OC(=O)NSSSSSS[S-].CNc1ccc(C(=O)OCC2CCCCCCC2)c(CNc2ccc(SF)cc2)c1.[CH-]=O.[Y]. The van der Waals surface area contributed by atoms with Crippen molar-refractivity contribution in [3.05, 3.63) is 53.6 Å². The summed E-state index contributed by atoms with van der Waals surface area (Å²) in [4.78, 5) is 32.3. The van der Waals surface area contributed by atoms with Crippen LogP contribution in [0.3, 0.4) is 0 Å². The Morgan fingerprint density at radius 3 is 2.12 bits per heavy atom. The van der Waals surface area contributed by atoms with Gasteiger partial charge in [-0.2, -0.15) is 3.89 Å². The standard InChI is InChI=1S/C24H31FN2O2S.C5H11NO2S7.CHO.Y/c1-26-21-11-14-23(24(28)29-17-18-7-5-3-2-4-6-8-18)19(15-21)16-27-20-9-12-22(30-25)13-10-20;1-5(2,3)8-4(7)6-10-12-14-15-13-11-9;1-2;/h9-15,18,26-27H,2-8,16-17H2,1H3;9H,1-3H3,(H,6,7);1H;/q;;-1;/p-1. The molecule has 2 aromatic rings. The Labute approximate surface area is 342 Å². The summed E-state index contributed by atoms with van der Waals surface area (Å²) in [6, 6.07) is 12.8. The Morgan fingerprint density at radius 1 is 0.938 bits per heavy atom. The fourth-order valence-electron chi connectivity index (χ4n) is 4.29. The first-order valence-corrected chi connectivity index (χ1v) is 23.7. The maximum atomic E-state index is 12.8. The van der Waals surface area contributed by atoms with E-state index in [9.17, 15) is 13.5 Å². The molecule has 267 valence electrons. The molecular weight excluding hydrogens is 847 g/mol. The molecule has 3 N–H and O–H groups in total. The van der Waals surface area contributed by atoms with Gasteiger partial charge in [0, 0.05) is 93.2 Å². The van der Waals surface area contributed by atoms with Gasteiger partial charge in [0.2, 0.25) is 0 Å². The first-order chi connectivity index (χ1) is 22.6. The second-order valence-corrected chi connectivity index (χ2v) is 21.3. The minimum absolute atomic E-state index is 0. The van der Waals surface area contributed by atoms with Crippen LogP contribution in [0.5, 0.6) is 0 Å². The number of benzene rings is 2. The third-order valence-electron chi connectivity index (χ3n) is 6.38. The van der Waals surface area contributed by atoms with E-state index in [1.165, 1.54) is 82.4 Å². The van der Waals surface area contributed by atoms with Gasteiger partial charge in [-0.3, -0.25) is 21.3 Å². The molecule has 1 aliphatic rings. The average Bonchev–Trinajstić information content (AvgIpc) is 3.05. The van der Waals surface area contributed by atoms with Crippen molar-refractivity contribution < 1.29 is 60.5 Å². The molecule has 18 heteroatoms. The predicted octanol–water partition coefficient (Wildman–Crippen LogP) is 11.4. The van der Waals surface area contributed by atoms with E-state index in [1.54, 1.807) is 22.0 Å². The number of rotatable bonds is 14. The quantitative estimate of drug-likeness (QED) is 0.0318. The summed E-state index contributed by atoms with van der Waals surface area (Å²) in [7, 11) is 10.4. The summed E-state index contributed by atoms with van der Waals surface area (Å²) in [5, 5.41) is 6.43. The van der Waals surface area contributed by atoms with E-state index in [2.05, 4.69) is 33.8 Å². The molecule has 1 aliphatic carbocycles. The van der Waals surface area contributed by atoms with Crippen LogP contribution >= 0.6 is 72.3 Å². The summed E-state index contributed by atoms with van der Waals surface area (Å²) >= 11 is 4.90. The van der Waals surface area contributed by atoms with Gasteiger partial charge in [-0.1, -0.05) is 32.1 Å². The van der Waals surface area contributed by atoms with Gasteiger partial charge in [0.1, 0.15) is 5.60 Å². The Bertz CT molecular complexity index is 1160. The minimum atomic E-state index is -0.452. The van der Waals surface area contributed by atoms with Crippen molar-refractivity contribution in [2.24, 2.45) is 5.92 Å². The first-order valence-electron chi connectivity index (χ1n) is 14.6. The number of carbonyl (C=O) groups is 2. The molecule has 1 saturated carbocycles. The molecule has 0 unspecified atom stereocenters. The zero-order chi connectivity index (χ0) is 34.9. The van der Waals surface area contributed by atoms with Crippen LogP contribution in [-0.4, -0.2) is 38.1 Å². The molecular formula is C30H42FN3O5S8Y-2. The molecule has 0 bridgehead atoms. The normalized spacial score (nSPS) is 13.0. The summed E-state index contributed by atoms with van der Waals surface area (Å²) in [5.74, 6) is 0.208. The molecule has 0 atom stereocenters. The number of halogens is 1. The summed E-state index contributed by atoms with van der Waals surface area (Å²) < 4.78 is 25.9. The van der Waals surface area contributed by atoms with E-state index in [-0.39, 0.29) is 50.8 Å². The molecule has 0 aliphatic heterocycles. The van der Waals surface area contributed by atoms with Gasteiger partial charge in [0.05, 0.1) is 24.3 Å². The number of hydrogen-bond donors (Lipinski definition) is 3. The fourth-order valence-corrected chi connectivity index (χ4v) is 14.6. The van der Waals surface area contributed by atoms with Crippen LogP contribution in [-0.2, 0) is 65.2 Å². The topological polar surface area (TPSA) is 106 Å². The third kappa shape index (κ3) is 23.0. The third-order valence-corrected chi connectivity index (χ3v) is 17.1. The van der Waals surface area contributed by atoms with Crippen LogP contribution < -0.4 is 15.4 Å². The van der Waals surface area contributed by atoms with Gasteiger partial charge in [-0.05, 0) is 107 Å². The number of amides is 1. The number of esters is 1. The van der Waals surface area contributed by atoms with E-state index >= 15 is 0 Å². The molecule has 1 fully saturated rings. The van der Waals surface area contributed by atoms with Crippen LogP contribution in [0.4, 0.5) is 20.1 Å². The molecule has 1 amide bonds. The van der Waals surface area contributed by atoms with Gasteiger partial charge in [-0.15, -0.1) is 0 Å². The molecule has 48 heavy (non-hydrogen) atoms. The molecule has 0 saturated heterocycles. The molecule has 0 spiro atoms. The largest absolute Gasteiger partial charge is 0.706 e. The molecule has 0 heterocycles. The van der Waals surface area contributed by atoms with Gasteiger partial charge in [-0.25, -0.2) is 9.59 Å². The Kier molecular flexibility index (Phi) is 30.0. The second-order valence-electron chi connectivity index (χ2n) is 10.9. The van der Waals surface area contributed by atoms with E-state index < -0.39 is 11.7 Å². The molecule has 3 rings (SSSR count). The van der Waals surface area contributed by atoms with Gasteiger partial charge in [0.15, 0.2) is 0 Å². The molecule has 0 aromatic heterocycles. The van der Waals surface area contributed by atoms with Crippen molar-refractivity contribution in [3.8, 4) is 0 Å². The summed E-state index contributed by atoms with van der Waals surface area (Å²) in [5.41, 5.74) is 2.81. The van der Waals surface area contributed by atoms with E-state index in [0.29, 0.717) is 29.5 Å². The van der Waals surface area contributed by atoms with Gasteiger partial charge < -0.3 is 36.6 Å². The molecule has 2 aromatic carbocycles. The van der Waals surface area contributed by atoms with Gasteiger partial charge >= 0.3 is 12.1 Å². The summed E-state index contributed by atoms with van der Waals surface area (Å²) in [6.45, 7) is 9.71. The van der Waals surface area contributed by atoms with Crippen molar-refractivity contribution in [2.75, 3.05) is 24.3 Å². The van der Waals surface area contributed by atoms with Crippen LogP contribution in [0.1, 0.15) is 81.6 Å². The Morgan fingerprint density at radius 2 is 1.54 bits per heavy atom. The zero-order valence-corrected chi connectivity index (χ0v) is 36.7. The number of hydrogen-bond acceptors (Lipinski definition) is 15. The van der Waals surface area contributed by atoms with Crippen LogP contribution in [0.2, 0.25) is 0 Å². The smallest absolute Gasteiger partial charge is 0.418 e. The number of ether oxygens (including phenoxy) is 2. The van der Waals surface area contributed by atoms with E-state index in [0.717, 1.165) is 29.8 Å². The number of carbonyl (C=O) groups excluding carboxylic acids is 3. The van der Waals surface area contributed by atoms with E-state index in [4.69, 9.17) is 14.3 Å². The first kappa shape index (κ1) is 48.3. The van der Waals surface area contributed by atoms with Crippen molar-refractivity contribution in [2.45, 2.75) is 82.8 Å². The van der Waals surface area contributed by atoms with E-state index in [1.807, 2.05) is 58.2 Å². The monoisotopic (exact) mass is 888 g/mol. The maximum Gasteiger partial charge on any atom is 0.418 e. The fraction of sp³-hybridized carbons (Fsp3) is 0.500. The van der Waals surface area contributed by atoms with Crippen LogP contribution in [0.25, 0.3) is 0 Å². The van der Waals surface area contributed by atoms with Crippen LogP contribution in [0.15, 0.2) is 47.4 Å². The van der Waals surface area contributed by atoms with Crippen LogP contribution in [0, 0.1) is 5.92 Å².